The number of nitrogens with two attached hydrogens (primary N) is 1. The van der Waals surface area contributed by atoms with Crippen molar-refractivity contribution >= 4 is 34.1 Å². The van der Waals surface area contributed by atoms with Crippen molar-refractivity contribution in [3.05, 3.63) is 4.88 Å². The van der Waals surface area contributed by atoms with E-state index in [0.29, 0.717) is 4.88 Å². The molecule has 0 saturated carbocycles. The molecule has 8 heteroatoms. The third-order valence-corrected chi connectivity index (χ3v) is 4.55. The first-order valence-electron chi connectivity index (χ1n) is 6.87. The van der Waals surface area contributed by atoms with Crippen molar-refractivity contribution in [3.8, 4) is 0 Å². The van der Waals surface area contributed by atoms with E-state index >= 15 is 0 Å². The third-order valence-electron chi connectivity index (χ3n) is 3.43. The van der Waals surface area contributed by atoms with Gasteiger partial charge in [0, 0.05) is 34.2 Å². The van der Waals surface area contributed by atoms with E-state index in [9.17, 15) is 9.59 Å². The van der Waals surface area contributed by atoms with Gasteiger partial charge >= 0.3 is 0 Å². The van der Waals surface area contributed by atoms with E-state index in [0.717, 1.165) is 31.1 Å². The summed E-state index contributed by atoms with van der Waals surface area (Å²) in [5, 5.41) is 0.792. The van der Waals surface area contributed by atoms with Crippen LogP contribution >= 0.6 is 11.3 Å². The highest BCUT2D eigenvalue weighted by atomic mass is 32.1. The summed E-state index contributed by atoms with van der Waals surface area (Å²) in [6, 6.07) is 0. The molecule has 0 radical (unpaired) electrons. The zero-order valence-corrected chi connectivity index (χ0v) is 13.4. The van der Waals surface area contributed by atoms with Crippen molar-refractivity contribution in [2.45, 2.75) is 12.8 Å². The van der Waals surface area contributed by atoms with Crippen LogP contribution in [0.25, 0.3) is 0 Å². The van der Waals surface area contributed by atoms with Gasteiger partial charge in [-0.1, -0.05) is 11.3 Å². The molecular formula is C13H21N5O2S. The lowest BCUT2D eigenvalue weighted by Crippen LogP contribution is -2.37. The number of rotatable bonds is 4. The highest BCUT2D eigenvalue weighted by Crippen LogP contribution is 2.31. The lowest BCUT2D eigenvalue weighted by Gasteiger charge is -2.18. The SMILES string of the molecule is CN(C)C(=O)CN(C)C(=O)c1sc(N2CCCC2)nc1N. The second-order valence-corrected chi connectivity index (χ2v) is 6.33. The molecule has 1 fully saturated rings. The summed E-state index contributed by atoms with van der Waals surface area (Å²) in [4.78, 5) is 33.7. The summed E-state index contributed by atoms with van der Waals surface area (Å²) in [7, 11) is 4.92. The van der Waals surface area contributed by atoms with Gasteiger partial charge in [0.1, 0.15) is 10.7 Å². The number of aromatic nitrogens is 1. The van der Waals surface area contributed by atoms with E-state index in [1.165, 1.54) is 21.1 Å². The van der Waals surface area contributed by atoms with Gasteiger partial charge in [0.25, 0.3) is 5.91 Å². The smallest absolute Gasteiger partial charge is 0.268 e. The molecule has 7 nitrogen and oxygen atoms in total. The molecule has 21 heavy (non-hydrogen) atoms. The predicted octanol–water partition coefficient (Wildman–Crippen LogP) is 0.486. The van der Waals surface area contributed by atoms with E-state index in [2.05, 4.69) is 9.88 Å². The topological polar surface area (TPSA) is 82.8 Å². The Labute approximate surface area is 128 Å². The Balaban J connectivity index is 2.09. The van der Waals surface area contributed by atoms with Crippen LogP contribution in [-0.4, -0.2) is 67.4 Å². The number of nitrogens with zero attached hydrogens (tertiary/aromatic N) is 4. The van der Waals surface area contributed by atoms with E-state index in [4.69, 9.17) is 5.73 Å². The Kier molecular flexibility index (Phi) is 4.66. The number of carbonyl (C=O) groups excluding carboxylic acids is 2. The number of carbonyl (C=O) groups is 2. The van der Waals surface area contributed by atoms with Crippen molar-refractivity contribution in [1.82, 2.24) is 14.8 Å². The van der Waals surface area contributed by atoms with Gasteiger partial charge < -0.3 is 20.4 Å². The van der Waals surface area contributed by atoms with Crippen LogP contribution < -0.4 is 10.6 Å². The maximum absolute atomic E-state index is 12.4. The van der Waals surface area contributed by atoms with Crippen LogP contribution in [0, 0.1) is 0 Å². The van der Waals surface area contributed by atoms with E-state index in [1.54, 1.807) is 21.1 Å². The van der Waals surface area contributed by atoms with Crippen molar-refractivity contribution in [2.75, 3.05) is 51.4 Å². The Morgan fingerprint density at radius 1 is 1.29 bits per heavy atom. The highest BCUT2D eigenvalue weighted by Gasteiger charge is 2.24. The van der Waals surface area contributed by atoms with E-state index < -0.39 is 0 Å². The molecule has 0 spiro atoms. The van der Waals surface area contributed by atoms with Crippen LogP contribution in [0.2, 0.25) is 0 Å². The Morgan fingerprint density at radius 3 is 2.48 bits per heavy atom. The maximum atomic E-state index is 12.4. The predicted molar refractivity (Wildman–Crippen MR) is 83.6 cm³/mol. The van der Waals surface area contributed by atoms with Gasteiger partial charge in [-0.2, -0.15) is 0 Å². The fourth-order valence-corrected chi connectivity index (χ4v) is 3.14. The fraction of sp³-hybridized carbons (Fsp3) is 0.615. The molecule has 0 unspecified atom stereocenters. The van der Waals surface area contributed by atoms with Crippen LogP contribution in [0.5, 0.6) is 0 Å². The monoisotopic (exact) mass is 311 g/mol. The zero-order valence-electron chi connectivity index (χ0n) is 12.6. The first-order chi connectivity index (χ1) is 9.90. The summed E-state index contributed by atoms with van der Waals surface area (Å²) in [5.41, 5.74) is 5.87. The van der Waals surface area contributed by atoms with Crippen molar-refractivity contribution in [2.24, 2.45) is 0 Å². The molecule has 1 aromatic heterocycles. The first kappa shape index (κ1) is 15.6. The molecule has 1 aliphatic heterocycles. The fourth-order valence-electron chi connectivity index (χ4n) is 2.11. The van der Waals surface area contributed by atoms with E-state index in [-0.39, 0.29) is 24.2 Å². The van der Waals surface area contributed by atoms with Gasteiger partial charge in [-0.25, -0.2) is 4.98 Å². The third kappa shape index (κ3) is 3.44. The molecule has 0 aromatic carbocycles. The Hall–Kier alpha value is -1.83. The zero-order chi connectivity index (χ0) is 15.6. The average molecular weight is 311 g/mol. The second kappa shape index (κ2) is 6.30. The van der Waals surface area contributed by atoms with Gasteiger partial charge in [-0.15, -0.1) is 0 Å². The Morgan fingerprint density at radius 2 is 1.90 bits per heavy atom. The molecule has 0 atom stereocenters. The molecule has 116 valence electrons. The molecule has 2 amide bonds. The molecule has 1 aromatic rings. The van der Waals surface area contributed by atoms with Crippen LogP contribution in [0.15, 0.2) is 0 Å². The van der Waals surface area contributed by atoms with Crippen LogP contribution in [-0.2, 0) is 4.79 Å². The van der Waals surface area contributed by atoms with E-state index in [1.807, 2.05) is 0 Å². The molecule has 1 saturated heterocycles. The van der Waals surface area contributed by atoms with Gasteiger partial charge in [0.2, 0.25) is 5.91 Å². The van der Waals surface area contributed by atoms with Crippen LogP contribution in [0.3, 0.4) is 0 Å². The van der Waals surface area contributed by atoms with Crippen molar-refractivity contribution in [3.63, 3.8) is 0 Å². The molecule has 2 rings (SSSR count). The standard InChI is InChI=1S/C13H21N5O2S/c1-16(2)9(19)8-17(3)12(20)10-11(14)15-13(21-10)18-6-4-5-7-18/h4-8,14H2,1-3H3. The quantitative estimate of drug-likeness (QED) is 0.875. The number of thiazole rings is 1. The number of hydrogen-bond donors (Lipinski definition) is 1. The summed E-state index contributed by atoms with van der Waals surface area (Å²) >= 11 is 1.30. The second-order valence-electron chi connectivity index (χ2n) is 5.35. The minimum absolute atomic E-state index is 0.0300. The van der Waals surface area contributed by atoms with Crippen LogP contribution in [0.4, 0.5) is 10.9 Å². The molecular weight excluding hydrogens is 290 g/mol. The average Bonchev–Trinajstić information content (AvgIpc) is 3.06. The minimum atomic E-state index is -0.259. The van der Waals surface area contributed by atoms with Crippen molar-refractivity contribution in [1.29, 1.82) is 0 Å². The molecule has 0 bridgehead atoms. The summed E-state index contributed by atoms with van der Waals surface area (Å²) in [5.74, 6) is -0.143. The molecule has 2 heterocycles. The number of likely N-dealkylation sites (N-methyl/N-ethyl adjacent to an activating group) is 2. The first-order valence-corrected chi connectivity index (χ1v) is 7.68. The molecule has 0 aliphatic carbocycles. The van der Waals surface area contributed by atoms with Crippen molar-refractivity contribution < 1.29 is 9.59 Å². The number of amides is 2. The lowest BCUT2D eigenvalue weighted by molar-refractivity contribution is -0.129. The highest BCUT2D eigenvalue weighted by molar-refractivity contribution is 7.18. The number of anilines is 2. The van der Waals surface area contributed by atoms with Gasteiger partial charge in [0.15, 0.2) is 5.13 Å². The summed E-state index contributed by atoms with van der Waals surface area (Å²) in [6.07, 6.45) is 2.28. The lowest BCUT2D eigenvalue weighted by atomic mass is 10.4. The summed E-state index contributed by atoms with van der Waals surface area (Å²) in [6.45, 7) is 1.94. The largest absolute Gasteiger partial charge is 0.382 e. The van der Waals surface area contributed by atoms with Gasteiger partial charge in [-0.3, -0.25) is 9.59 Å². The van der Waals surface area contributed by atoms with Gasteiger partial charge in [-0.05, 0) is 12.8 Å². The summed E-state index contributed by atoms with van der Waals surface area (Å²) < 4.78 is 0. The molecule has 1 aliphatic rings. The normalized spacial score (nSPS) is 14.3. The molecule has 2 N–H and O–H groups in total. The number of hydrogen-bond acceptors (Lipinski definition) is 6. The number of nitrogen functional groups attached to an aromatic ring is 1. The minimum Gasteiger partial charge on any atom is -0.382 e. The van der Waals surface area contributed by atoms with Gasteiger partial charge in [0.05, 0.1) is 6.54 Å². The Bertz CT molecular complexity index is 537. The van der Waals surface area contributed by atoms with Crippen LogP contribution in [0.1, 0.15) is 22.5 Å². The maximum Gasteiger partial charge on any atom is 0.268 e.